The van der Waals surface area contributed by atoms with E-state index in [9.17, 15) is 14.4 Å². The van der Waals surface area contributed by atoms with Crippen LogP contribution in [0.3, 0.4) is 0 Å². The Bertz CT molecular complexity index is 369. The van der Waals surface area contributed by atoms with Crippen LogP contribution in [0.15, 0.2) is 0 Å². The molecule has 108 valence electrons. The highest BCUT2D eigenvalue weighted by Crippen LogP contribution is 2.17. The van der Waals surface area contributed by atoms with Crippen molar-refractivity contribution in [1.29, 1.82) is 0 Å². The van der Waals surface area contributed by atoms with Crippen molar-refractivity contribution in [1.82, 2.24) is 10.6 Å². The average molecular weight is 272 g/mol. The molecule has 0 bridgehead atoms. The van der Waals surface area contributed by atoms with Gasteiger partial charge < -0.3 is 15.2 Å². The second-order valence-corrected chi connectivity index (χ2v) is 4.95. The van der Waals surface area contributed by atoms with Crippen molar-refractivity contribution < 1.29 is 24.2 Å². The molecule has 19 heavy (non-hydrogen) atoms. The SMILES string of the molecule is COC(=O)NC(C(=O)C1CC[C@@H](C(=O)O)N1)C(C)C. The van der Waals surface area contributed by atoms with Crippen molar-refractivity contribution in [3.8, 4) is 0 Å². The van der Waals surface area contributed by atoms with Crippen LogP contribution in [0.25, 0.3) is 0 Å². The summed E-state index contributed by atoms with van der Waals surface area (Å²) in [6, 6.07) is -1.91. The van der Waals surface area contributed by atoms with E-state index in [1.807, 2.05) is 13.8 Å². The number of nitrogens with one attached hydrogen (secondary N) is 2. The van der Waals surface area contributed by atoms with E-state index in [4.69, 9.17) is 5.11 Å². The smallest absolute Gasteiger partial charge is 0.407 e. The molecule has 0 saturated carbocycles. The minimum absolute atomic E-state index is 0.0997. The van der Waals surface area contributed by atoms with E-state index in [-0.39, 0.29) is 11.7 Å². The number of ketones is 1. The molecule has 0 radical (unpaired) electrons. The lowest BCUT2D eigenvalue weighted by Gasteiger charge is -2.23. The van der Waals surface area contributed by atoms with E-state index in [0.29, 0.717) is 12.8 Å². The standard InChI is InChI=1S/C12H20N2O5/c1-6(2)9(14-12(18)19-3)10(15)7-4-5-8(13-7)11(16)17/h6-9,13H,4-5H2,1-3H3,(H,14,18)(H,16,17)/t7?,8-,9?/m0/s1. The van der Waals surface area contributed by atoms with E-state index in [1.165, 1.54) is 7.11 Å². The molecule has 0 aromatic carbocycles. The molecule has 1 aliphatic heterocycles. The molecule has 1 fully saturated rings. The number of ether oxygens (including phenoxy) is 1. The monoisotopic (exact) mass is 272 g/mol. The molecule has 2 unspecified atom stereocenters. The minimum atomic E-state index is -0.961. The second-order valence-electron chi connectivity index (χ2n) is 4.95. The van der Waals surface area contributed by atoms with Crippen molar-refractivity contribution in [2.75, 3.05) is 7.11 Å². The van der Waals surface area contributed by atoms with Gasteiger partial charge in [0.15, 0.2) is 5.78 Å². The quantitative estimate of drug-likeness (QED) is 0.657. The van der Waals surface area contributed by atoms with Crippen LogP contribution in [0.1, 0.15) is 26.7 Å². The van der Waals surface area contributed by atoms with E-state index in [1.54, 1.807) is 0 Å². The lowest BCUT2D eigenvalue weighted by molar-refractivity contribution is -0.139. The zero-order chi connectivity index (χ0) is 14.6. The summed E-state index contributed by atoms with van der Waals surface area (Å²) in [7, 11) is 1.23. The van der Waals surface area contributed by atoms with E-state index in [0.717, 1.165) is 0 Å². The fraction of sp³-hybridized carbons (Fsp3) is 0.750. The van der Waals surface area contributed by atoms with Gasteiger partial charge in [0.1, 0.15) is 6.04 Å². The van der Waals surface area contributed by atoms with E-state index < -0.39 is 30.2 Å². The summed E-state index contributed by atoms with van der Waals surface area (Å²) in [4.78, 5) is 34.3. The van der Waals surface area contributed by atoms with Crippen molar-refractivity contribution in [3.05, 3.63) is 0 Å². The van der Waals surface area contributed by atoms with Crippen LogP contribution >= 0.6 is 0 Å². The number of alkyl carbamates (subject to hydrolysis) is 1. The minimum Gasteiger partial charge on any atom is -0.480 e. The number of amides is 1. The largest absolute Gasteiger partial charge is 0.480 e. The molecule has 0 aromatic heterocycles. The van der Waals surface area contributed by atoms with Gasteiger partial charge in [-0.25, -0.2) is 4.79 Å². The molecule has 0 aromatic rings. The summed E-state index contributed by atoms with van der Waals surface area (Å²) in [5.74, 6) is -1.27. The molecular weight excluding hydrogens is 252 g/mol. The van der Waals surface area contributed by atoms with Crippen LogP contribution in [-0.4, -0.2) is 48.2 Å². The molecule has 7 nitrogen and oxygen atoms in total. The Morgan fingerprint density at radius 3 is 2.26 bits per heavy atom. The summed E-state index contributed by atoms with van der Waals surface area (Å²) >= 11 is 0. The lowest BCUT2D eigenvalue weighted by atomic mass is 9.94. The highest BCUT2D eigenvalue weighted by atomic mass is 16.5. The number of carboxylic acid groups (broad SMARTS) is 1. The van der Waals surface area contributed by atoms with E-state index >= 15 is 0 Å². The topological polar surface area (TPSA) is 105 Å². The Hall–Kier alpha value is -1.63. The Morgan fingerprint density at radius 2 is 1.84 bits per heavy atom. The first kappa shape index (κ1) is 15.4. The summed E-state index contributed by atoms with van der Waals surface area (Å²) in [6.07, 6.45) is 0.205. The molecule has 0 spiro atoms. The number of rotatable bonds is 5. The Kier molecular flexibility index (Phi) is 5.29. The van der Waals surface area contributed by atoms with Gasteiger partial charge in [-0.3, -0.25) is 14.9 Å². The third-order valence-electron chi connectivity index (χ3n) is 3.22. The number of Topliss-reactive ketones (excluding diaryl/α,β-unsaturated/α-hetero) is 1. The Labute approximate surface area is 111 Å². The molecule has 1 amide bonds. The lowest BCUT2D eigenvalue weighted by Crippen LogP contribution is -2.52. The molecule has 7 heteroatoms. The number of hydrogen-bond acceptors (Lipinski definition) is 5. The van der Waals surface area contributed by atoms with Crippen molar-refractivity contribution >= 4 is 17.8 Å². The van der Waals surface area contributed by atoms with Gasteiger partial charge >= 0.3 is 12.1 Å². The van der Waals surface area contributed by atoms with Gasteiger partial charge in [0.25, 0.3) is 0 Å². The third-order valence-corrected chi connectivity index (χ3v) is 3.22. The maximum atomic E-state index is 12.3. The van der Waals surface area contributed by atoms with Crippen molar-refractivity contribution in [2.45, 2.75) is 44.8 Å². The molecular formula is C12H20N2O5. The number of carbonyl (C=O) groups is 3. The second kappa shape index (κ2) is 6.51. The maximum absolute atomic E-state index is 12.3. The molecule has 3 atom stereocenters. The zero-order valence-corrected chi connectivity index (χ0v) is 11.3. The normalized spacial score (nSPS) is 24.0. The van der Waals surface area contributed by atoms with Crippen LogP contribution in [0.2, 0.25) is 0 Å². The Balaban J connectivity index is 2.68. The number of carboxylic acids is 1. The van der Waals surface area contributed by atoms with Crippen LogP contribution in [-0.2, 0) is 14.3 Å². The van der Waals surface area contributed by atoms with Crippen LogP contribution in [0.5, 0.6) is 0 Å². The van der Waals surface area contributed by atoms with Crippen LogP contribution < -0.4 is 10.6 Å². The molecule has 1 rings (SSSR count). The maximum Gasteiger partial charge on any atom is 0.407 e. The van der Waals surface area contributed by atoms with E-state index in [2.05, 4.69) is 15.4 Å². The molecule has 1 aliphatic rings. The van der Waals surface area contributed by atoms with Gasteiger partial charge in [0.2, 0.25) is 0 Å². The Morgan fingerprint density at radius 1 is 1.26 bits per heavy atom. The first-order valence-electron chi connectivity index (χ1n) is 6.23. The van der Waals surface area contributed by atoms with Crippen LogP contribution in [0, 0.1) is 5.92 Å². The first-order valence-corrected chi connectivity index (χ1v) is 6.23. The fourth-order valence-electron chi connectivity index (χ4n) is 2.13. The van der Waals surface area contributed by atoms with Crippen molar-refractivity contribution in [3.63, 3.8) is 0 Å². The summed E-state index contributed by atoms with van der Waals surface area (Å²) in [6.45, 7) is 3.62. The molecule has 1 saturated heterocycles. The van der Waals surface area contributed by atoms with Gasteiger partial charge in [0, 0.05) is 0 Å². The third kappa shape index (κ3) is 3.92. The summed E-state index contributed by atoms with van der Waals surface area (Å²) < 4.78 is 4.49. The van der Waals surface area contributed by atoms with Crippen molar-refractivity contribution in [2.24, 2.45) is 5.92 Å². The predicted octanol–water partition coefficient (Wildman–Crippen LogP) is 0.141. The summed E-state index contributed by atoms with van der Waals surface area (Å²) in [5, 5.41) is 14.1. The number of hydrogen-bond donors (Lipinski definition) is 3. The molecule has 0 aliphatic carbocycles. The zero-order valence-electron chi connectivity index (χ0n) is 11.3. The van der Waals surface area contributed by atoms with Gasteiger partial charge in [-0.15, -0.1) is 0 Å². The van der Waals surface area contributed by atoms with Gasteiger partial charge in [-0.2, -0.15) is 0 Å². The number of methoxy groups -OCH3 is 1. The van der Waals surface area contributed by atoms with Crippen LogP contribution in [0.4, 0.5) is 4.79 Å². The predicted molar refractivity (Wildman–Crippen MR) is 66.8 cm³/mol. The molecule has 1 heterocycles. The van der Waals surface area contributed by atoms with Gasteiger partial charge in [0.05, 0.1) is 19.2 Å². The van der Waals surface area contributed by atoms with Gasteiger partial charge in [-0.1, -0.05) is 13.8 Å². The highest BCUT2D eigenvalue weighted by molar-refractivity contribution is 5.92. The highest BCUT2D eigenvalue weighted by Gasteiger charge is 2.37. The number of aliphatic carboxylic acids is 1. The fourth-order valence-corrected chi connectivity index (χ4v) is 2.13. The average Bonchev–Trinajstić information content (AvgIpc) is 2.84. The van der Waals surface area contributed by atoms with Gasteiger partial charge in [-0.05, 0) is 18.8 Å². The number of carbonyl (C=O) groups excluding carboxylic acids is 2. The summed E-state index contributed by atoms with van der Waals surface area (Å²) in [5.41, 5.74) is 0. The molecule has 3 N–H and O–H groups in total. The first-order chi connectivity index (χ1) is 8.86.